The molecule has 2 rings (SSSR count). The average molecular weight is 390 g/mol. The van der Waals surface area contributed by atoms with E-state index < -0.39 is 18.0 Å². The Morgan fingerprint density at radius 1 is 0.964 bits per heavy atom. The molecule has 0 heterocycles. The maximum atomic E-state index is 12.7. The SMILES string of the molecule is COC(C)Oc1cc2cccc(C)c2c(OC(=O)C(C)(C)C)c1OC(C)OC. The Balaban J connectivity index is 2.76. The summed E-state index contributed by atoms with van der Waals surface area (Å²) in [5, 5.41) is 1.66. The van der Waals surface area contributed by atoms with Gasteiger partial charge in [-0.05, 0) is 58.6 Å². The van der Waals surface area contributed by atoms with Crippen molar-refractivity contribution in [2.24, 2.45) is 5.41 Å². The number of carbonyl (C=O) groups excluding carboxylic acids is 1. The lowest BCUT2D eigenvalue weighted by Gasteiger charge is -2.24. The summed E-state index contributed by atoms with van der Waals surface area (Å²) in [6.07, 6.45) is -1.10. The van der Waals surface area contributed by atoms with Crippen molar-refractivity contribution in [1.82, 2.24) is 0 Å². The Labute approximate surface area is 166 Å². The summed E-state index contributed by atoms with van der Waals surface area (Å²) in [5.41, 5.74) is 0.269. The molecule has 2 aromatic carbocycles. The number of aryl methyl sites for hydroxylation is 1. The second-order valence-electron chi connectivity index (χ2n) is 7.69. The number of fused-ring (bicyclic) bond motifs is 1. The Bertz CT molecular complexity index is 837. The lowest BCUT2D eigenvalue weighted by molar-refractivity contribution is -0.143. The number of carbonyl (C=O) groups is 1. The molecule has 2 atom stereocenters. The molecule has 0 spiro atoms. The molecule has 0 aliphatic heterocycles. The van der Waals surface area contributed by atoms with E-state index >= 15 is 0 Å². The van der Waals surface area contributed by atoms with Crippen molar-refractivity contribution < 1.29 is 28.5 Å². The zero-order valence-electron chi connectivity index (χ0n) is 17.9. The van der Waals surface area contributed by atoms with Gasteiger partial charge >= 0.3 is 5.97 Å². The summed E-state index contributed by atoms with van der Waals surface area (Å²) in [5.74, 6) is 0.660. The van der Waals surface area contributed by atoms with Crippen molar-refractivity contribution in [3.05, 3.63) is 29.8 Å². The molecule has 2 unspecified atom stereocenters. The minimum Gasteiger partial charge on any atom is -0.461 e. The van der Waals surface area contributed by atoms with Crippen LogP contribution in [0.25, 0.3) is 10.8 Å². The van der Waals surface area contributed by atoms with Crippen LogP contribution in [-0.4, -0.2) is 32.8 Å². The van der Waals surface area contributed by atoms with Gasteiger partial charge in [0.1, 0.15) is 0 Å². The normalized spacial score (nSPS) is 13.9. The first kappa shape index (κ1) is 22.0. The highest BCUT2D eigenvalue weighted by molar-refractivity contribution is 5.97. The van der Waals surface area contributed by atoms with Gasteiger partial charge in [-0.3, -0.25) is 4.79 Å². The molecule has 0 N–H and O–H groups in total. The van der Waals surface area contributed by atoms with Crippen LogP contribution in [0.4, 0.5) is 0 Å². The topological polar surface area (TPSA) is 63.2 Å². The van der Waals surface area contributed by atoms with E-state index in [-0.39, 0.29) is 5.97 Å². The van der Waals surface area contributed by atoms with Crippen molar-refractivity contribution in [2.75, 3.05) is 14.2 Å². The second-order valence-corrected chi connectivity index (χ2v) is 7.69. The van der Waals surface area contributed by atoms with E-state index in [0.29, 0.717) is 17.2 Å². The van der Waals surface area contributed by atoms with Gasteiger partial charge in [0, 0.05) is 19.6 Å². The van der Waals surface area contributed by atoms with Gasteiger partial charge < -0.3 is 23.7 Å². The fourth-order valence-electron chi connectivity index (χ4n) is 2.54. The summed E-state index contributed by atoms with van der Waals surface area (Å²) in [6, 6.07) is 7.68. The highest BCUT2D eigenvalue weighted by Crippen LogP contribution is 2.46. The number of hydrogen-bond donors (Lipinski definition) is 0. The van der Waals surface area contributed by atoms with Gasteiger partial charge in [-0.15, -0.1) is 0 Å². The highest BCUT2D eigenvalue weighted by Gasteiger charge is 2.29. The molecule has 0 bridgehead atoms. The van der Waals surface area contributed by atoms with Crippen LogP contribution in [0.2, 0.25) is 0 Å². The molecular formula is C22H30O6. The molecule has 0 saturated carbocycles. The van der Waals surface area contributed by atoms with E-state index in [1.807, 2.05) is 31.2 Å². The van der Waals surface area contributed by atoms with E-state index in [1.54, 1.807) is 41.7 Å². The van der Waals surface area contributed by atoms with E-state index in [0.717, 1.165) is 16.3 Å². The number of ether oxygens (including phenoxy) is 5. The smallest absolute Gasteiger partial charge is 0.316 e. The minimum absolute atomic E-state index is 0.303. The van der Waals surface area contributed by atoms with Crippen LogP contribution in [0.3, 0.4) is 0 Å². The number of hydrogen-bond acceptors (Lipinski definition) is 6. The molecule has 6 nitrogen and oxygen atoms in total. The van der Waals surface area contributed by atoms with E-state index in [1.165, 1.54) is 7.11 Å². The van der Waals surface area contributed by atoms with Crippen molar-refractivity contribution in [2.45, 2.75) is 54.1 Å². The summed E-state index contributed by atoms with van der Waals surface area (Å²) >= 11 is 0. The molecule has 154 valence electrons. The monoisotopic (exact) mass is 390 g/mol. The summed E-state index contributed by atoms with van der Waals surface area (Å²) in [7, 11) is 3.09. The fraction of sp³-hybridized carbons (Fsp3) is 0.500. The van der Waals surface area contributed by atoms with Crippen LogP contribution in [0, 0.1) is 12.3 Å². The van der Waals surface area contributed by atoms with Gasteiger partial charge in [0.05, 0.1) is 5.41 Å². The third kappa shape index (κ3) is 4.94. The Morgan fingerprint density at radius 2 is 1.57 bits per heavy atom. The minimum atomic E-state index is -0.685. The molecule has 28 heavy (non-hydrogen) atoms. The maximum absolute atomic E-state index is 12.7. The zero-order chi connectivity index (χ0) is 21.1. The highest BCUT2D eigenvalue weighted by atomic mass is 16.7. The molecule has 2 aromatic rings. The largest absolute Gasteiger partial charge is 0.461 e. The third-order valence-electron chi connectivity index (χ3n) is 4.30. The molecule has 0 radical (unpaired) electrons. The third-order valence-corrected chi connectivity index (χ3v) is 4.30. The van der Waals surface area contributed by atoms with Crippen LogP contribution < -0.4 is 14.2 Å². The Morgan fingerprint density at radius 3 is 2.14 bits per heavy atom. The van der Waals surface area contributed by atoms with E-state index in [4.69, 9.17) is 23.7 Å². The average Bonchev–Trinajstić information content (AvgIpc) is 2.62. The van der Waals surface area contributed by atoms with E-state index in [9.17, 15) is 4.79 Å². The van der Waals surface area contributed by atoms with Crippen molar-refractivity contribution in [1.29, 1.82) is 0 Å². The zero-order valence-corrected chi connectivity index (χ0v) is 17.9. The van der Waals surface area contributed by atoms with Gasteiger partial charge in [0.25, 0.3) is 0 Å². The predicted octanol–water partition coefficient (Wildman–Crippen LogP) is 4.84. The number of methoxy groups -OCH3 is 2. The van der Waals surface area contributed by atoms with Crippen molar-refractivity contribution in [3.63, 3.8) is 0 Å². The van der Waals surface area contributed by atoms with Gasteiger partial charge in [-0.2, -0.15) is 0 Å². The molecule has 6 heteroatoms. The first-order valence-electron chi connectivity index (χ1n) is 9.26. The van der Waals surface area contributed by atoms with Crippen LogP contribution in [0.1, 0.15) is 40.2 Å². The quantitative estimate of drug-likeness (QED) is 0.383. The summed E-state index contributed by atoms with van der Waals surface area (Å²) in [4.78, 5) is 12.7. The summed E-state index contributed by atoms with van der Waals surface area (Å²) < 4.78 is 28.2. The first-order chi connectivity index (χ1) is 13.1. The molecule has 0 aliphatic rings. The van der Waals surface area contributed by atoms with Gasteiger partial charge in [-0.1, -0.05) is 18.2 Å². The predicted molar refractivity (Wildman–Crippen MR) is 108 cm³/mol. The van der Waals surface area contributed by atoms with Gasteiger partial charge in [-0.25, -0.2) is 0 Å². The van der Waals surface area contributed by atoms with Crippen LogP contribution in [0.15, 0.2) is 24.3 Å². The lowest BCUT2D eigenvalue weighted by atomic mass is 9.97. The van der Waals surface area contributed by atoms with Crippen LogP contribution in [-0.2, 0) is 14.3 Å². The van der Waals surface area contributed by atoms with Crippen molar-refractivity contribution in [3.8, 4) is 17.2 Å². The molecular weight excluding hydrogens is 360 g/mol. The molecule has 0 fully saturated rings. The maximum Gasteiger partial charge on any atom is 0.316 e. The van der Waals surface area contributed by atoms with Gasteiger partial charge in [0.15, 0.2) is 24.1 Å². The fourth-order valence-corrected chi connectivity index (χ4v) is 2.54. The second kappa shape index (κ2) is 8.80. The number of rotatable bonds is 7. The first-order valence-corrected chi connectivity index (χ1v) is 9.26. The van der Waals surface area contributed by atoms with Crippen LogP contribution in [0.5, 0.6) is 17.2 Å². The molecule has 0 aliphatic carbocycles. The van der Waals surface area contributed by atoms with E-state index in [2.05, 4.69) is 0 Å². The van der Waals surface area contributed by atoms with Gasteiger partial charge in [0.2, 0.25) is 5.75 Å². The number of benzene rings is 2. The lowest BCUT2D eigenvalue weighted by Crippen LogP contribution is -2.26. The standard InChI is InChI=1S/C22H30O6/c1-13-10-9-11-16-12-17(26-14(2)24-7)19(27-15(3)25-8)20(18(13)16)28-21(23)22(4,5)6/h9-12,14-15H,1-8H3. The van der Waals surface area contributed by atoms with Crippen molar-refractivity contribution >= 4 is 16.7 Å². The number of esters is 1. The molecule has 0 aromatic heterocycles. The Kier molecular flexibility index (Phi) is 6.91. The van der Waals surface area contributed by atoms with Crippen LogP contribution >= 0.6 is 0 Å². The molecule has 0 saturated heterocycles. The Hall–Kier alpha value is -2.31. The summed E-state index contributed by atoms with van der Waals surface area (Å²) in [6.45, 7) is 10.9. The molecule has 0 amide bonds.